The molecule has 4 heteroatoms. The molecule has 1 fully saturated rings. The summed E-state index contributed by atoms with van der Waals surface area (Å²) >= 11 is 0. The number of nitrogens with one attached hydrogen (secondary N) is 1. The second-order valence-electron chi connectivity index (χ2n) is 4.80. The number of aromatic nitrogens is 2. The molecule has 1 N–H and O–H groups in total. The molecule has 0 aromatic carbocycles. The second-order valence-corrected chi connectivity index (χ2v) is 4.80. The van der Waals surface area contributed by atoms with E-state index in [-0.39, 0.29) is 0 Å². The van der Waals surface area contributed by atoms with Crippen molar-refractivity contribution in [3.8, 4) is 0 Å². The van der Waals surface area contributed by atoms with Gasteiger partial charge >= 0.3 is 0 Å². The quantitative estimate of drug-likeness (QED) is 0.871. The maximum absolute atomic E-state index is 4.48. The SMILES string of the molecule is CCc1c(NC)ncnc1N1CCC(C)CC1. The summed E-state index contributed by atoms with van der Waals surface area (Å²) in [4.78, 5) is 11.2. The molecule has 0 spiro atoms. The van der Waals surface area contributed by atoms with Crippen LogP contribution in [0.15, 0.2) is 6.33 Å². The van der Waals surface area contributed by atoms with Crippen LogP contribution < -0.4 is 10.2 Å². The molecule has 1 aliphatic heterocycles. The Kier molecular flexibility index (Phi) is 3.82. The Morgan fingerprint density at radius 2 is 2.06 bits per heavy atom. The molecule has 1 aliphatic rings. The smallest absolute Gasteiger partial charge is 0.137 e. The average Bonchev–Trinajstić information content (AvgIpc) is 2.38. The molecule has 17 heavy (non-hydrogen) atoms. The van der Waals surface area contributed by atoms with Crippen molar-refractivity contribution in [3.63, 3.8) is 0 Å². The van der Waals surface area contributed by atoms with Crippen molar-refractivity contribution in [1.29, 1.82) is 0 Å². The van der Waals surface area contributed by atoms with Gasteiger partial charge in [-0.1, -0.05) is 13.8 Å². The Morgan fingerprint density at radius 1 is 1.35 bits per heavy atom. The van der Waals surface area contributed by atoms with Crippen LogP contribution in [0.5, 0.6) is 0 Å². The first-order valence-corrected chi connectivity index (χ1v) is 6.52. The van der Waals surface area contributed by atoms with E-state index in [0.29, 0.717) is 0 Å². The molecule has 1 aromatic rings. The molecule has 2 rings (SSSR count). The van der Waals surface area contributed by atoms with E-state index in [1.165, 1.54) is 18.4 Å². The van der Waals surface area contributed by atoms with Crippen LogP contribution in [0, 0.1) is 5.92 Å². The number of hydrogen-bond donors (Lipinski definition) is 1. The Hall–Kier alpha value is -1.32. The van der Waals surface area contributed by atoms with Crippen LogP contribution in [0.4, 0.5) is 11.6 Å². The molecule has 1 saturated heterocycles. The minimum Gasteiger partial charge on any atom is -0.373 e. The standard InChI is InChI=1S/C13H22N4/c1-4-11-12(14-3)15-9-16-13(11)17-7-5-10(2)6-8-17/h9-10H,4-8H2,1-3H3,(H,14,15,16). The van der Waals surface area contributed by atoms with Crippen LogP contribution in [-0.2, 0) is 6.42 Å². The Balaban J connectivity index is 2.25. The molecule has 0 radical (unpaired) electrons. The van der Waals surface area contributed by atoms with Crippen molar-refractivity contribution in [3.05, 3.63) is 11.9 Å². The molecule has 0 atom stereocenters. The summed E-state index contributed by atoms with van der Waals surface area (Å²) in [6.07, 6.45) is 5.17. The van der Waals surface area contributed by atoms with Gasteiger partial charge in [0.15, 0.2) is 0 Å². The summed E-state index contributed by atoms with van der Waals surface area (Å²) in [7, 11) is 1.92. The fourth-order valence-corrected chi connectivity index (χ4v) is 2.44. The number of anilines is 2. The summed E-state index contributed by atoms with van der Waals surface area (Å²) in [6.45, 7) is 6.73. The molecule has 0 amide bonds. The zero-order valence-corrected chi connectivity index (χ0v) is 11.0. The molecule has 94 valence electrons. The average molecular weight is 234 g/mol. The first kappa shape index (κ1) is 12.1. The van der Waals surface area contributed by atoms with Gasteiger partial charge in [0.1, 0.15) is 18.0 Å². The largest absolute Gasteiger partial charge is 0.373 e. The molecule has 0 aliphatic carbocycles. The van der Waals surface area contributed by atoms with Crippen LogP contribution in [0.25, 0.3) is 0 Å². The topological polar surface area (TPSA) is 41.1 Å². The summed E-state index contributed by atoms with van der Waals surface area (Å²) < 4.78 is 0. The van der Waals surface area contributed by atoms with Gasteiger partial charge < -0.3 is 10.2 Å². The first-order valence-electron chi connectivity index (χ1n) is 6.52. The molecule has 0 saturated carbocycles. The van der Waals surface area contributed by atoms with E-state index in [9.17, 15) is 0 Å². The van der Waals surface area contributed by atoms with Crippen molar-refractivity contribution in [2.45, 2.75) is 33.1 Å². The van der Waals surface area contributed by atoms with E-state index in [4.69, 9.17) is 0 Å². The predicted octanol–water partition coefficient (Wildman–Crippen LogP) is 2.32. The molecular weight excluding hydrogens is 212 g/mol. The molecule has 2 heterocycles. The van der Waals surface area contributed by atoms with E-state index >= 15 is 0 Å². The zero-order chi connectivity index (χ0) is 12.3. The maximum atomic E-state index is 4.48. The third-order valence-corrected chi connectivity index (χ3v) is 3.60. The molecule has 4 nitrogen and oxygen atoms in total. The Morgan fingerprint density at radius 3 is 2.65 bits per heavy atom. The van der Waals surface area contributed by atoms with Crippen molar-refractivity contribution in [2.24, 2.45) is 5.92 Å². The molecular formula is C13H22N4. The highest BCUT2D eigenvalue weighted by Crippen LogP contribution is 2.27. The van der Waals surface area contributed by atoms with Gasteiger partial charge in [-0.2, -0.15) is 0 Å². The summed E-state index contributed by atoms with van der Waals surface area (Å²) in [6, 6.07) is 0. The van der Waals surface area contributed by atoms with Gasteiger partial charge in [0.25, 0.3) is 0 Å². The van der Waals surface area contributed by atoms with Crippen molar-refractivity contribution in [1.82, 2.24) is 9.97 Å². The number of rotatable bonds is 3. The predicted molar refractivity (Wildman–Crippen MR) is 71.6 cm³/mol. The minimum atomic E-state index is 0.849. The normalized spacial score (nSPS) is 17.2. The maximum Gasteiger partial charge on any atom is 0.137 e. The number of nitrogens with zero attached hydrogens (tertiary/aromatic N) is 3. The second kappa shape index (κ2) is 5.34. The van der Waals surface area contributed by atoms with Crippen molar-refractivity contribution < 1.29 is 0 Å². The number of hydrogen-bond acceptors (Lipinski definition) is 4. The van der Waals surface area contributed by atoms with E-state index in [1.807, 2.05) is 7.05 Å². The molecule has 1 aromatic heterocycles. The third kappa shape index (κ3) is 2.51. The fourth-order valence-electron chi connectivity index (χ4n) is 2.44. The van der Waals surface area contributed by atoms with E-state index < -0.39 is 0 Å². The Labute approximate surface area is 103 Å². The van der Waals surface area contributed by atoms with Crippen LogP contribution >= 0.6 is 0 Å². The lowest BCUT2D eigenvalue weighted by atomic mass is 9.99. The van der Waals surface area contributed by atoms with Crippen LogP contribution in [0.2, 0.25) is 0 Å². The van der Waals surface area contributed by atoms with Gasteiger partial charge in [0.2, 0.25) is 0 Å². The van der Waals surface area contributed by atoms with Gasteiger partial charge in [-0.05, 0) is 25.2 Å². The van der Waals surface area contributed by atoms with E-state index in [2.05, 4.69) is 34.0 Å². The highest BCUT2D eigenvalue weighted by molar-refractivity contribution is 5.58. The highest BCUT2D eigenvalue weighted by atomic mass is 15.2. The monoisotopic (exact) mass is 234 g/mol. The summed E-state index contributed by atoms with van der Waals surface area (Å²) in [5, 5.41) is 3.16. The van der Waals surface area contributed by atoms with Crippen LogP contribution in [-0.4, -0.2) is 30.1 Å². The highest BCUT2D eigenvalue weighted by Gasteiger charge is 2.20. The van der Waals surface area contributed by atoms with E-state index in [0.717, 1.165) is 37.1 Å². The summed E-state index contributed by atoms with van der Waals surface area (Å²) in [5.74, 6) is 2.94. The van der Waals surface area contributed by atoms with Gasteiger partial charge in [-0.3, -0.25) is 0 Å². The van der Waals surface area contributed by atoms with E-state index in [1.54, 1.807) is 6.33 Å². The summed E-state index contributed by atoms with van der Waals surface area (Å²) in [5.41, 5.74) is 1.24. The Bertz CT molecular complexity index is 370. The zero-order valence-electron chi connectivity index (χ0n) is 11.0. The molecule has 0 unspecified atom stereocenters. The first-order chi connectivity index (χ1) is 8.26. The van der Waals surface area contributed by atoms with Gasteiger partial charge in [0, 0.05) is 25.7 Å². The van der Waals surface area contributed by atoms with Crippen molar-refractivity contribution >= 4 is 11.6 Å². The van der Waals surface area contributed by atoms with Gasteiger partial charge in [-0.25, -0.2) is 9.97 Å². The fraction of sp³-hybridized carbons (Fsp3) is 0.692. The van der Waals surface area contributed by atoms with Crippen LogP contribution in [0.1, 0.15) is 32.3 Å². The van der Waals surface area contributed by atoms with Gasteiger partial charge in [0.05, 0.1) is 0 Å². The van der Waals surface area contributed by atoms with Crippen LogP contribution in [0.3, 0.4) is 0 Å². The lowest BCUT2D eigenvalue weighted by Crippen LogP contribution is -2.34. The van der Waals surface area contributed by atoms with Crippen molar-refractivity contribution in [2.75, 3.05) is 30.4 Å². The minimum absolute atomic E-state index is 0.849. The number of piperidine rings is 1. The molecule has 0 bridgehead atoms. The van der Waals surface area contributed by atoms with Gasteiger partial charge in [-0.15, -0.1) is 0 Å². The lowest BCUT2D eigenvalue weighted by molar-refractivity contribution is 0.436. The lowest BCUT2D eigenvalue weighted by Gasteiger charge is -2.32. The third-order valence-electron chi connectivity index (χ3n) is 3.60.